The topological polar surface area (TPSA) is 147 Å². The molecule has 19 atom stereocenters. The van der Waals surface area contributed by atoms with Crippen LogP contribution < -0.4 is 0 Å². The molecular formula is C42H62O13. The zero-order valence-electron chi connectivity index (χ0n) is 33.7. The largest absolute Gasteiger partial charge is 0.461 e. The van der Waals surface area contributed by atoms with Gasteiger partial charge in [0.15, 0.2) is 24.7 Å². The maximum Gasteiger partial charge on any atom is 0.317 e. The Labute approximate surface area is 325 Å². The Kier molecular flexibility index (Phi) is 11.2. The number of cyclic esters (lactones) is 1. The van der Waals surface area contributed by atoms with E-state index in [2.05, 4.69) is 13.0 Å². The van der Waals surface area contributed by atoms with Crippen LogP contribution in [0.3, 0.4) is 0 Å². The highest BCUT2D eigenvalue weighted by molar-refractivity contribution is 6.05. The van der Waals surface area contributed by atoms with E-state index in [4.69, 9.17) is 47.4 Å². The smallest absolute Gasteiger partial charge is 0.317 e. The van der Waals surface area contributed by atoms with E-state index in [0.29, 0.717) is 31.6 Å². The van der Waals surface area contributed by atoms with Crippen LogP contribution in [0.1, 0.15) is 92.4 Å². The molecule has 8 rings (SSSR count). The van der Waals surface area contributed by atoms with Gasteiger partial charge in [-0.05, 0) is 95.1 Å². The van der Waals surface area contributed by atoms with Crippen LogP contribution in [0.4, 0.5) is 0 Å². The van der Waals surface area contributed by atoms with Gasteiger partial charge in [-0.15, -0.1) is 0 Å². The van der Waals surface area contributed by atoms with E-state index in [1.54, 1.807) is 21.3 Å². The van der Waals surface area contributed by atoms with Crippen LogP contribution in [-0.2, 0) is 57.0 Å². The quantitative estimate of drug-likeness (QED) is 0.258. The highest BCUT2D eigenvalue weighted by Crippen LogP contribution is 2.66. The first kappa shape index (κ1) is 40.0. The maximum absolute atomic E-state index is 13.3. The summed E-state index contributed by atoms with van der Waals surface area (Å²) in [6, 6.07) is 0. The van der Waals surface area contributed by atoms with Gasteiger partial charge in [-0.2, -0.15) is 0 Å². The molecule has 4 saturated heterocycles. The molecule has 2 saturated carbocycles. The Morgan fingerprint density at radius 2 is 1.33 bits per heavy atom. The lowest BCUT2D eigenvalue weighted by atomic mass is 9.48. The van der Waals surface area contributed by atoms with E-state index < -0.39 is 42.6 Å². The molecule has 1 spiro atoms. The third-order valence-electron chi connectivity index (χ3n) is 14.9. The van der Waals surface area contributed by atoms with Gasteiger partial charge in [0.25, 0.3) is 0 Å². The third-order valence-corrected chi connectivity index (χ3v) is 14.9. The summed E-state index contributed by atoms with van der Waals surface area (Å²) < 4.78 is 61.5. The zero-order valence-corrected chi connectivity index (χ0v) is 33.7. The Bertz CT molecular complexity index is 1520. The second kappa shape index (κ2) is 15.4. The van der Waals surface area contributed by atoms with Gasteiger partial charge in [0.05, 0.1) is 48.6 Å². The predicted octanol–water partition coefficient (Wildman–Crippen LogP) is 4.56. The third kappa shape index (κ3) is 6.79. The van der Waals surface area contributed by atoms with Gasteiger partial charge in [-0.25, -0.2) is 0 Å². The Balaban J connectivity index is 0.865. The number of esters is 1. The highest BCUT2D eigenvalue weighted by atomic mass is 16.7. The van der Waals surface area contributed by atoms with Crippen molar-refractivity contribution in [3.63, 3.8) is 0 Å². The summed E-state index contributed by atoms with van der Waals surface area (Å²) in [5.41, 5.74) is 1.71. The minimum absolute atomic E-state index is 0.00681. The molecule has 0 aromatic heterocycles. The number of carbonyl (C=O) groups excluding carboxylic acids is 2. The molecule has 0 radical (unpaired) electrons. The number of allylic oxidation sites excluding steroid dienone is 2. The van der Waals surface area contributed by atoms with E-state index in [1.165, 1.54) is 5.57 Å². The molecule has 6 fully saturated rings. The second-order valence-electron chi connectivity index (χ2n) is 17.7. The van der Waals surface area contributed by atoms with E-state index in [9.17, 15) is 14.7 Å². The average Bonchev–Trinajstić information content (AvgIpc) is 3.61. The van der Waals surface area contributed by atoms with Crippen molar-refractivity contribution in [2.45, 2.75) is 178 Å². The normalized spacial score (nSPS) is 51.0. The number of hydrogen-bond donors (Lipinski definition) is 1. The molecule has 55 heavy (non-hydrogen) atoms. The number of rotatable bonds is 9. The number of aliphatic hydroxyl groups is 1. The van der Waals surface area contributed by atoms with E-state index in [1.807, 2.05) is 33.8 Å². The molecule has 0 aromatic rings. The molecule has 13 heteroatoms. The molecule has 4 aliphatic heterocycles. The summed E-state index contributed by atoms with van der Waals surface area (Å²) >= 11 is 0. The van der Waals surface area contributed by atoms with Crippen LogP contribution in [-0.4, -0.2) is 124 Å². The Morgan fingerprint density at radius 1 is 0.745 bits per heavy atom. The molecule has 1 N–H and O–H groups in total. The number of hydrogen-bond acceptors (Lipinski definition) is 13. The van der Waals surface area contributed by atoms with Gasteiger partial charge in [0, 0.05) is 40.6 Å². The van der Waals surface area contributed by atoms with Crippen molar-refractivity contribution in [1.29, 1.82) is 0 Å². The zero-order chi connectivity index (χ0) is 39.0. The van der Waals surface area contributed by atoms with Crippen LogP contribution in [0.2, 0.25) is 0 Å². The summed E-state index contributed by atoms with van der Waals surface area (Å²) in [5, 5.41) is 10.4. The van der Waals surface area contributed by atoms with Crippen molar-refractivity contribution < 1.29 is 62.1 Å². The van der Waals surface area contributed by atoms with Crippen LogP contribution in [0.15, 0.2) is 23.3 Å². The molecule has 0 bridgehead atoms. The summed E-state index contributed by atoms with van der Waals surface area (Å²) in [7, 11) is 4.94. The van der Waals surface area contributed by atoms with E-state index in [0.717, 1.165) is 37.7 Å². The first-order valence-corrected chi connectivity index (χ1v) is 20.7. The van der Waals surface area contributed by atoms with Crippen molar-refractivity contribution in [1.82, 2.24) is 0 Å². The minimum atomic E-state index is -0.749. The molecule has 3 unspecified atom stereocenters. The summed E-state index contributed by atoms with van der Waals surface area (Å²) in [6.45, 7) is 10.00. The molecule has 8 aliphatic rings. The second-order valence-corrected chi connectivity index (χ2v) is 17.7. The molecule has 13 nitrogen and oxygen atoms in total. The van der Waals surface area contributed by atoms with Gasteiger partial charge >= 0.3 is 5.97 Å². The van der Waals surface area contributed by atoms with Crippen molar-refractivity contribution in [3.05, 3.63) is 23.3 Å². The van der Waals surface area contributed by atoms with Crippen molar-refractivity contribution >= 4 is 11.8 Å². The monoisotopic (exact) mass is 774 g/mol. The highest BCUT2D eigenvalue weighted by Gasteiger charge is 2.68. The number of aliphatic hydroxyl groups excluding tert-OH is 1. The lowest BCUT2D eigenvalue weighted by Gasteiger charge is -2.55. The maximum atomic E-state index is 13.3. The van der Waals surface area contributed by atoms with Crippen LogP contribution >= 0.6 is 0 Å². The van der Waals surface area contributed by atoms with Crippen molar-refractivity contribution in [2.24, 2.45) is 28.6 Å². The Morgan fingerprint density at radius 3 is 1.95 bits per heavy atom. The predicted molar refractivity (Wildman–Crippen MR) is 195 cm³/mol. The Hall–Kier alpha value is -1.78. The molecule has 4 heterocycles. The molecule has 308 valence electrons. The van der Waals surface area contributed by atoms with E-state index in [-0.39, 0.29) is 77.8 Å². The fourth-order valence-corrected chi connectivity index (χ4v) is 12.0. The SMILES string of the molecule is CO[C@@H]1C[C@H](O[C@@H]2C(C)O[C@@H](O[C@@H]3C(C)O[C@@H](O[C@H]4CC[C@@]5(C)C(=CC[C@H]6C7=CC(=O)[C@@H]8[C@@H](C)OC(=O)[C@]78CC[C@@H]65)C4)C[C@H]3OC)C[C@H]2OC)OC(C)[C@H]1O. The van der Waals surface area contributed by atoms with Gasteiger partial charge in [-0.3, -0.25) is 9.59 Å². The van der Waals surface area contributed by atoms with Crippen molar-refractivity contribution in [3.8, 4) is 0 Å². The fourth-order valence-electron chi connectivity index (χ4n) is 12.0. The van der Waals surface area contributed by atoms with Gasteiger partial charge < -0.3 is 52.5 Å². The van der Waals surface area contributed by atoms with Gasteiger partial charge in [0.2, 0.25) is 0 Å². The fraction of sp³-hybridized carbons (Fsp3) is 0.857. The summed E-state index contributed by atoms with van der Waals surface area (Å²) in [6.07, 6.45) is 5.22. The average molecular weight is 775 g/mol. The van der Waals surface area contributed by atoms with Crippen LogP contribution in [0.25, 0.3) is 0 Å². The number of ketones is 1. The number of fused-ring (bicyclic) bond motifs is 4. The van der Waals surface area contributed by atoms with Gasteiger partial charge in [-0.1, -0.05) is 18.6 Å². The number of carbonyl (C=O) groups is 2. The molecule has 0 aromatic carbocycles. The lowest BCUT2D eigenvalue weighted by molar-refractivity contribution is -0.338. The van der Waals surface area contributed by atoms with E-state index >= 15 is 0 Å². The number of ether oxygens (including phenoxy) is 10. The van der Waals surface area contributed by atoms with Crippen LogP contribution in [0, 0.1) is 28.6 Å². The standard InChI is InChI=1S/C42H62O13/c1-20-36-29(43)16-28-26-10-9-24-15-25(11-13-41(24,5)27(26)12-14-42(28,36)40(45)52-20)53-33-18-31(47-7)38(22(3)50-33)55-35-19-32(48-8)39(23(4)51-35)54-34-17-30(46-6)37(44)21(2)49-34/h9,16,20-23,25-27,30-39,44H,10-15,17-19H2,1-8H3/t20-,21?,22?,23?,25+,26-,27+,30-,31-,32-,33+,34+,35+,36+,37-,38-,39-,41+,42-/m1/s1. The van der Waals surface area contributed by atoms with Crippen LogP contribution in [0.5, 0.6) is 0 Å². The first-order valence-electron chi connectivity index (χ1n) is 20.7. The van der Waals surface area contributed by atoms with Crippen molar-refractivity contribution in [2.75, 3.05) is 21.3 Å². The molecular weight excluding hydrogens is 712 g/mol. The first-order chi connectivity index (χ1) is 26.3. The minimum Gasteiger partial charge on any atom is -0.461 e. The van der Waals surface area contributed by atoms with Gasteiger partial charge in [0.1, 0.15) is 29.8 Å². The molecule has 4 aliphatic carbocycles. The summed E-state index contributed by atoms with van der Waals surface area (Å²) in [5.74, 6) is 0.0859. The number of methoxy groups -OCH3 is 3. The molecule has 0 amide bonds. The lowest BCUT2D eigenvalue weighted by Crippen LogP contribution is -2.57. The summed E-state index contributed by atoms with van der Waals surface area (Å²) in [4.78, 5) is 26.4.